The molecule has 0 saturated carbocycles. The maximum Gasteiger partial charge on any atom is 0.197 e. The van der Waals surface area contributed by atoms with Crippen molar-refractivity contribution in [1.29, 1.82) is 10.5 Å². The van der Waals surface area contributed by atoms with E-state index >= 15 is 0 Å². The van der Waals surface area contributed by atoms with Crippen molar-refractivity contribution in [2.24, 2.45) is 0 Å². The predicted molar refractivity (Wildman–Crippen MR) is 198 cm³/mol. The van der Waals surface area contributed by atoms with E-state index in [2.05, 4.69) is 9.69 Å². The quantitative estimate of drug-likeness (QED) is 0.0967. The third-order valence-electron chi connectivity index (χ3n) is 9.04. The lowest BCUT2D eigenvalue weighted by Crippen LogP contribution is -2.27. The van der Waals surface area contributed by atoms with Crippen LogP contribution in [0.3, 0.4) is 0 Å². The Hall–Kier alpha value is -6.39. The van der Waals surface area contributed by atoms with Crippen LogP contribution in [0.1, 0.15) is 81.9 Å². The average molecular weight is 748 g/mol. The average Bonchev–Trinajstić information content (AvgIpc) is 3.95. The van der Waals surface area contributed by atoms with Crippen molar-refractivity contribution in [3.63, 3.8) is 0 Å². The number of hydrogen-bond donors (Lipinski definition) is 0. The second kappa shape index (κ2) is 10.8. The summed E-state index contributed by atoms with van der Waals surface area (Å²) in [5.74, 6) is -1.28. The van der Waals surface area contributed by atoms with Crippen LogP contribution in [0.4, 0.5) is 11.4 Å². The van der Waals surface area contributed by atoms with Crippen LogP contribution in [0.25, 0.3) is 50.5 Å². The van der Waals surface area contributed by atoms with E-state index in [4.69, 9.17) is 22.9 Å². The van der Waals surface area contributed by atoms with Crippen molar-refractivity contribution in [2.45, 2.75) is 19.4 Å². The van der Waals surface area contributed by atoms with Crippen molar-refractivity contribution < 1.29 is 23.9 Å². The SMILES string of the molecule is [C-]#[N+]c1cc2c(cc1[N+]#[C-])C(=O)C(=Cc1nc3sc4c(c3s1)C(C)(C)Oc1c-4sc3cc(C=C4C(=O)c5cc(C#N)c(C#N)cc5C4=O)sc13)C2=O. The topological polar surface area (TPSA) is 147 Å². The van der Waals surface area contributed by atoms with Crippen molar-refractivity contribution in [3.05, 3.63) is 113 Å². The van der Waals surface area contributed by atoms with Gasteiger partial charge in [-0.2, -0.15) is 10.5 Å². The molecule has 4 aromatic heterocycles. The van der Waals surface area contributed by atoms with Gasteiger partial charge in [-0.3, -0.25) is 28.9 Å². The minimum atomic E-state index is -0.786. The van der Waals surface area contributed by atoms with Crippen LogP contribution in [0.5, 0.6) is 5.75 Å². The van der Waals surface area contributed by atoms with Crippen LogP contribution < -0.4 is 4.74 Å². The zero-order chi connectivity index (χ0) is 36.4. The highest BCUT2D eigenvalue weighted by molar-refractivity contribution is 7.34. The normalized spacial score (nSPS) is 15.0. The van der Waals surface area contributed by atoms with Crippen molar-refractivity contribution >= 4 is 111 Å². The highest BCUT2D eigenvalue weighted by atomic mass is 32.1. The first-order valence-electron chi connectivity index (χ1n) is 15.2. The zero-order valence-electron chi connectivity index (χ0n) is 26.5. The number of Topliss-reactive ketones (excluding diaryl/α,β-unsaturated/α-hetero) is 4. The Bertz CT molecular complexity index is 2940. The lowest BCUT2D eigenvalue weighted by atomic mass is 9.95. The van der Waals surface area contributed by atoms with Gasteiger partial charge in [-0.15, -0.1) is 45.3 Å². The highest BCUT2D eigenvalue weighted by Gasteiger charge is 2.41. The number of benzene rings is 2. The molecule has 6 aromatic rings. The molecular formula is C38H13N5O5S4. The molecule has 9 rings (SSSR count). The van der Waals surface area contributed by atoms with E-state index in [1.54, 1.807) is 6.08 Å². The second-order valence-corrected chi connectivity index (χ2v) is 16.6. The summed E-state index contributed by atoms with van der Waals surface area (Å²) in [6.45, 7) is 18.6. The molecule has 0 saturated heterocycles. The molecule has 0 atom stereocenters. The van der Waals surface area contributed by atoms with E-state index in [1.165, 1.54) is 75.7 Å². The molecule has 52 heavy (non-hydrogen) atoms. The lowest BCUT2D eigenvalue weighted by Gasteiger charge is -2.31. The van der Waals surface area contributed by atoms with Gasteiger partial charge in [0.2, 0.25) is 0 Å². The number of thiazole rings is 1. The van der Waals surface area contributed by atoms with Crippen LogP contribution >= 0.6 is 45.3 Å². The number of carbonyl (C=O) groups excluding carboxylic acids is 4. The Morgan fingerprint density at radius 3 is 1.85 bits per heavy atom. The first-order chi connectivity index (χ1) is 25.0. The number of carbonyl (C=O) groups is 4. The zero-order valence-corrected chi connectivity index (χ0v) is 29.7. The third-order valence-corrected chi connectivity index (χ3v) is 13.8. The van der Waals surface area contributed by atoms with Crippen molar-refractivity contribution in [2.75, 3.05) is 0 Å². The number of allylic oxidation sites excluding steroid dienone is 2. The molecule has 0 spiro atoms. The van der Waals surface area contributed by atoms with Crippen LogP contribution in [0, 0.1) is 35.8 Å². The van der Waals surface area contributed by atoms with Gasteiger partial charge < -0.3 is 4.74 Å². The Balaban J connectivity index is 1.07. The molecule has 3 aliphatic rings. The number of ether oxygens (including phenoxy) is 1. The largest absolute Gasteiger partial charge is 0.480 e. The molecule has 10 nitrogen and oxygen atoms in total. The molecule has 244 valence electrons. The van der Waals surface area contributed by atoms with E-state index in [0.717, 1.165) is 34.2 Å². The van der Waals surface area contributed by atoms with Crippen LogP contribution in [0.15, 0.2) is 41.5 Å². The van der Waals surface area contributed by atoms with Crippen molar-refractivity contribution in [3.8, 4) is 27.6 Å². The molecule has 5 heterocycles. The molecule has 0 unspecified atom stereocenters. The summed E-state index contributed by atoms with van der Waals surface area (Å²) in [4.78, 5) is 67.8. The number of nitriles is 2. The molecule has 1 aliphatic heterocycles. The summed E-state index contributed by atoms with van der Waals surface area (Å²) in [6, 6.07) is 11.0. The Morgan fingerprint density at radius 1 is 0.731 bits per heavy atom. The summed E-state index contributed by atoms with van der Waals surface area (Å²) in [7, 11) is 0. The van der Waals surface area contributed by atoms with Crippen molar-refractivity contribution in [1.82, 2.24) is 4.98 Å². The van der Waals surface area contributed by atoms with Crippen LogP contribution in [-0.4, -0.2) is 28.1 Å². The second-order valence-electron chi connectivity index (χ2n) is 12.4. The van der Waals surface area contributed by atoms with E-state index < -0.39 is 28.7 Å². The lowest BCUT2D eigenvalue weighted by molar-refractivity contribution is 0.0975. The van der Waals surface area contributed by atoms with Gasteiger partial charge in [-0.1, -0.05) is 12.1 Å². The molecule has 0 fully saturated rings. The number of nitrogens with zero attached hydrogens (tertiary/aromatic N) is 5. The maximum absolute atomic E-state index is 13.3. The molecule has 14 heteroatoms. The summed E-state index contributed by atoms with van der Waals surface area (Å²) < 4.78 is 9.33. The Kier molecular flexibility index (Phi) is 6.56. The van der Waals surface area contributed by atoms with E-state index in [9.17, 15) is 29.7 Å². The Morgan fingerprint density at radius 2 is 1.29 bits per heavy atom. The monoisotopic (exact) mass is 747 g/mol. The summed E-state index contributed by atoms with van der Waals surface area (Å²) >= 11 is 5.77. The fraction of sp³-hybridized carbons (Fsp3) is 0.0789. The van der Waals surface area contributed by atoms with E-state index in [0.29, 0.717) is 15.6 Å². The fourth-order valence-corrected chi connectivity index (χ4v) is 12.0. The number of rotatable bonds is 2. The minimum absolute atomic E-state index is 0.0256. The number of hydrogen-bond acceptors (Lipinski definition) is 12. The summed E-state index contributed by atoms with van der Waals surface area (Å²) in [5, 5.41) is 19.3. The third kappa shape index (κ3) is 4.24. The summed E-state index contributed by atoms with van der Waals surface area (Å²) in [6.07, 6.45) is 3.03. The predicted octanol–water partition coefficient (Wildman–Crippen LogP) is 9.70. The van der Waals surface area contributed by atoms with Gasteiger partial charge in [0.05, 0.1) is 59.3 Å². The van der Waals surface area contributed by atoms with Crippen LogP contribution in [-0.2, 0) is 5.60 Å². The van der Waals surface area contributed by atoms with E-state index in [-0.39, 0.29) is 55.9 Å². The minimum Gasteiger partial charge on any atom is -0.480 e. The van der Waals surface area contributed by atoms with Gasteiger partial charge in [0, 0.05) is 32.7 Å². The fourth-order valence-electron chi connectivity index (χ4n) is 6.68. The van der Waals surface area contributed by atoms with Gasteiger partial charge in [-0.25, -0.2) is 4.98 Å². The standard InChI is InChI=1S/C38H13N5O5S4/c1-38(2)27-34(52-37-35(27)51-26(43-37)11-22-30(46)19-9-23(41-3)24(42-4)10-20(19)31(22)47)36-32(48-38)33-25(50-36)8-16(49-33)7-21-28(44)17-5-14(12-39)15(13-40)6-18(17)29(21)45/h5-11H,1-2H3. The van der Waals surface area contributed by atoms with Gasteiger partial charge in [0.15, 0.2) is 40.3 Å². The van der Waals surface area contributed by atoms with Gasteiger partial charge in [-0.05, 0) is 44.2 Å². The first-order valence-corrected chi connectivity index (χ1v) is 18.5. The number of aromatic nitrogens is 1. The Labute approximate surface area is 309 Å². The maximum atomic E-state index is 13.3. The first kappa shape index (κ1) is 31.6. The molecule has 0 amide bonds. The number of fused-ring (bicyclic) bond motifs is 9. The molecule has 0 bridgehead atoms. The van der Waals surface area contributed by atoms with Gasteiger partial charge in [0.25, 0.3) is 0 Å². The number of thiophene rings is 3. The van der Waals surface area contributed by atoms with Gasteiger partial charge in [0.1, 0.15) is 27.6 Å². The molecule has 0 radical (unpaired) electrons. The number of ketones is 4. The molecule has 0 N–H and O–H groups in total. The van der Waals surface area contributed by atoms with Crippen LogP contribution in [0.2, 0.25) is 0 Å². The van der Waals surface area contributed by atoms with Gasteiger partial charge >= 0.3 is 0 Å². The summed E-state index contributed by atoms with van der Waals surface area (Å²) in [5.41, 5.74) is 0.659. The molecular weight excluding hydrogens is 735 g/mol. The molecule has 2 aliphatic carbocycles. The smallest absolute Gasteiger partial charge is 0.197 e. The molecule has 2 aromatic carbocycles. The highest BCUT2D eigenvalue weighted by Crippen LogP contribution is 2.59. The van der Waals surface area contributed by atoms with E-state index in [1.807, 2.05) is 32.1 Å².